The predicted octanol–water partition coefficient (Wildman–Crippen LogP) is 12.0. The number of hydrogen-bond acceptors (Lipinski definition) is 1. The molecule has 0 atom stereocenters. The third-order valence-electron chi connectivity index (χ3n) is 8.00. The zero-order valence-corrected chi connectivity index (χ0v) is 22.4. The number of fused-ring (bicyclic) bond motifs is 7. The second-order valence-corrected chi connectivity index (χ2v) is 10.3. The quantitative estimate of drug-likeness (QED) is 0.196. The van der Waals surface area contributed by atoms with E-state index in [1.165, 1.54) is 0 Å². The molecule has 0 saturated carbocycles. The van der Waals surface area contributed by atoms with E-state index in [1.54, 1.807) is 12.1 Å². The van der Waals surface area contributed by atoms with Crippen LogP contribution in [0.2, 0.25) is 0 Å². The first-order valence-electron chi connectivity index (χ1n) is 20.2. The molecule has 0 aliphatic heterocycles. The van der Waals surface area contributed by atoms with E-state index in [4.69, 9.17) is 19.5 Å². The maximum absolute atomic E-state index is 9.19. The monoisotopic (exact) mass is 559 g/mol. The van der Waals surface area contributed by atoms with Crippen molar-refractivity contribution in [3.8, 4) is 33.4 Å². The molecule has 0 saturated heterocycles. The lowest BCUT2D eigenvalue weighted by atomic mass is 9.85. The summed E-state index contributed by atoms with van der Waals surface area (Å²) < 4.78 is 120. The first-order chi connectivity index (χ1) is 26.7. The predicted molar refractivity (Wildman–Crippen MR) is 183 cm³/mol. The molecule has 1 heterocycles. The summed E-state index contributed by atoms with van der Waals surface area (Å²) in [5.74, 6) is 0. The van der Waals surface area contributed by atoms with Crippen molar-refractivity contribution in [2.75, 3.05) is 0 Å². The van der Waals surface area contributed by atoms with Crippen molar-refractivity contribution in [3.63, 3.8) is 0 Å². The number of rotatable bonds is 3. The molecule has 0 spiro atoms. The summed E-state index contributed by atoms with van der Waals surface area (Å²) in [6, 6.07) is 16.6. The normalized spacial score (nSPS) is 16.0. The average molecular weight is 560 g/mol. The van der Waals surface area contributed by atoms with Crippen LogP contribution in [0, 0.1) is 0 Å². The highest BCUT2D eigenvalue weighted by atomic mass is 16.3. The van der Waals surface area contributed by atoms with Crippen LogP contribution in [0.15, 0.2) is 162 Å². The molecule has 0 N–H and O–H groups in total. The fourth-order valence-electron chi connectivity index (χ4n) is 6.15. The largest absolute Gasteiger partial charge is 0.455 e. The van der Waals surface area contributed by atoms with Gasteiger partial charge in [-0.25, -0.2) is 0 Å². The third kappa shape index (κ3) is 3.65. The van der Waals surface area contributed by atoms with Crippen LogP contribution in [-0.4, -0.2) is 0 Å². The van der Waals surface area contributed by atoms with Crippen LogP contribution in [0.1, 0.15) is 17.8 Å². The molecule has 9 aromatic rings. The van der Waals surface area contributed by atoms with E-state index in [0.717, 1.165) is 38.3 Å². The van der Waals surface area contributed by atoms with Crippen molar-refractivity contribution in [3.05, 3.63) is 157 Å². The van der Waals surface area contributed by atoms with Gasteiger partial charge in [0.05, 0.1) is 17.8 Å². The lowest BCUT2D eigenvalue weighted by molar-refractivity contribution is 0.673. The van der Waals surface area contributed by atoms with Crippen LogP contribution in [0.5, 0.6) is 0 Å². The fraction of sp³-hybridized carbons (Fsp3) is 0. The Hall–Kier alpha value is -5.66. The Labute approximate surface area is 267 Å². The highest BCUT2D eigenvalue weighted by Crippen LogP contribution is 2.44. The van der Waals surface area contributed by atoms with Crippen LogP contribution in [0.3, 0.4) is 0 Å². The van der Waals surface area contributed by atoms with E-state index in [0.29, 0.717) is 11.1 Å². The molecule has 1 heteroatoms. The molecule has 43 heavy (non-hydrogen) atoms. The van der Waals surface area contributed by atoms with E-state index in [9.17, 15) is 2.74 Å². The smallest absolute Gasteiger partial charge is 0.143 e. The molecule has 9 rings (SSSR count). The molecule has 0 radical (unpaired) electrons. The molecule has 1 aromatic heterocycles. The molecule has 0 amide bonds. The van der Waals surface area contributed by atoms with Gasteiger partial charge in [-0.2, -0.15) is 0 Å². The highest BCUT2D eigenvalue weighted by Gasteiger charge is 2.18. The minimum Gasteiger partial charge on any atom is -0.455 e. The summed E-state index contributed by atoms with van der Waals surface area (Å²) in [6.45, 7) is 0. The van der Waals surface area contributed by atoms with Gasteiger partial charge >= 0.3 is 0 Å². The third-order valence-corrected chi connectivity index (χ3v) is 8.00. The van der Waals surface area contributed by atoms with E-state index in [-0.39, 0.29) is 32.7 Å². The standard InChI is InChI=1S/C42H26O/c1-2-12-29(13-3-1)39-33-15-6-8-17-35(33)40(36-18-9-7-16-34(36)39)30-23-21-28(22-24-30)31-19-10-20-38-41(31)37-26-25-27-11-4-5-14-32(27)42(37)43-38/h1-26H/i1D,2D,3D,6D,7D,8D,9D,12D,13D,15D,16D,17D,18D. The highest BCUT2D eigenvalue weighted by molar-refractivity contribution is 6.22. The number of benzene rings is 8. The average Bonchev–Trinajstić information content (AvgIpc) is 3.61. The summed E-state index contributed by atoms with van der Waals surface area (Å²) in [5, 5.41) is 3.09. The minimum absolute atomic E-state index is 0.0788. The SMILES string of the molecule is [2H]c1c([2H])c([2H])c(-c2c3c([2H])c([2H])c([2H])c([2H])c3c(-c3ccc(-c4cccc5oc6c7ccccc7ccc6c45)cc3)c3c([2H])c([2H])c([2H])c([2H])c23)c([2H])c1[2H]. The fourth-order valence-corrected chi connectivity index (χ4v) is 6.15. The van der Waals surface area contributed by atoms with Gasteiger partial charge in [-0.15, -0.1) is 0 Å². The summed E-state index contributed by atoms with van der Waals surface area (Å²) in [6.07, 6.45) is 0. The first-order valence-corrected chi connectivity index (χ1v) is 13.7. The summed E-state index contributed by atoms with van der Waals surface area (Å²) in [7, 11) is 0. The maximum atomic E-state index is 9.19. The van der Waals surface area contributed by atoms with Crippen molar-refractivity contribution in [1.82, 2.24) is 0 Å². The molecule has 0 aliphatic rings. The molecule has 0 unspecified atom stereocenters. The molecule has 8 aromatic carbocycles. The maximum Gasteiger partial charge on any atom is 0.143 e. The van der Waals surface area contributed by atoms with Gasteiger partial charge in [0.15, 0.2) is 0 Å². The van der Waals surface area contributed by atoms with Crippen molar-refractivity contribution in [2.45, 2.75) is 0 Å². The molecule has 200 valence electrons. The Morgan fingerprint density at radius 1 is 0.419 bits per heavy atom. The van der Waals surface area contributed by atoms with Gasteiger partial charge in [0.2, 0.25) is 0 Å². The molecule has 0 fully saturated rings. The lowest BCUT2D eigenvalue weighted by Gasteiger charge is -2.18. The lowest BCUT2D eigenvalue weighted by Crippen LogP contribution is -1.90. The molecular weight excluding hydrogens is 520 g/mol. The first kappa shape index (κ1) is 14.5. The van der Waals surface area contributed by atoms with Crippen LogP contribution in [0.4, 0.5) is 0 Å². The summed E-state index contributed by atoms with van der Waals surface area (Å²) in [5.41, 5.74) is 2.76. The second kappa shape index (κ2) is 9.44. The van der Waals surface area contributed by atoms with E-state index in [1.807, 2.05) is 66.7 Å². The van der Waals surface area contributed by atoms with Crippen molar-refractivity contribution >= 4 is 54.3 Å². The van der Waals surface area contributed by atoms with E-state index in [2.05, 4.69) is 0 Å². The van der Waals surface area contributed by atoms with Crippen molar-refractivity contribution in [1.29, 1.82) is 0 Å². The number of hydrogen-bond donors (Lipinski definition) is 0. The Morgan fingerprint density at radius 3 is 1.72 bits per heavy atom. The number of furan rings is 1. The topological polar surface area (TPSA) is 13.1 Å². The summed E-state index contributed by atoms with van der Waals surface area (Å²) >= 11 is 0. The van der Waals surface area contributed by atoms with Crippen LogP contribution in [0.25, 0.3) is 87.6 Å². The van der Waals surface area contributed by atoms with Crippen molar-refractivity contribution in [2.24, 2.45) is 0 Å². The minimum atomic E-state index is -0.711. The zero-order valence-electron chi connectivity index (χ0n) is 35.4. The Kier molecular flexibility index (Phi) is 3.18. The Balaban J connectivity index is 1.40. The van der Waals surface area contributed by atoms with Gasteiger partial charge < -0.3 is 4.42 Å². The zero-order chi connectivity index (χ0) is 39.6. The van der Waals surface area contributed by atoms with Gasteiger partial charge in [-0.3, -0.25) is 0 Å². The summed E-state index contributed by atoms with van der Waals surface area (Å²) in [4.78, 5) is 0. The molecule has 0 aliphatic carbocycles. The molecule has 0 bridgehead atoms. The van der Waals surface area contributed by atoms with Crippen molar-refractivity contribution < 1.29 is 22.2 Å². The van der Waals surface area contributed by atoms with Gasteiger partial charge in [-0.05, 0) is 72.4 Å². The Morgan fingerprint density at radius 2 is 1.02 bits per heavy atom. The molecular formula is C42H26O. The van der Waals surface area contributed by atoms with Crippen LogP contribution in [-0.2, 0) is 0 Å². The van der Waals surface area contributed by atoms with E-state index >= 15 is 0 Å². The van der Waals surface area contributed by atoms with Crippen LogP contribution < -0.4 is 0 Å². The van der Waals surface area contributed by atoms with Gasteiger partial charge in [-0.1, -0.05) is 145 Å². The Bertz CT molecular complexity index is 3110. The molecule has 1 nitrogen and oxygen atoms in total. The van der Waals surface area contributed by atoms with Crippen LogP contribution >= 0.6 is 0 Å². The van der Waals surface area contributed by atoms with Gasteiger partial charge in [0.1, 0.15) is 11.2 Å². The van der Waals surface area contributed by atoms with Gasteiger partial charge in [0, 0.05) is 16.2 Å². The van der Waals surface area contributed by atoms with E-state index < -0.39 is 84.1 Å². The second-order valence-electron chi connectivity index (χ2n) is 10.3. The van der Waals surface area contributed by atoms with Gasteiger partial charge in [0.25, 0.3) is 0 Å².